The van der Waals surface area contributed by atoms with E-state index in [1.54, 1.807) is 18.6 Å². The Balaban J connectivity index is 1.53. The standard InChI is InChI=1S/C21H21Cl3N6/c22-19-16(4-1-7-25-19)10-15-11-29(13-17-5-2-8-26-20(17)23)28-30(12-15)14-18-6-3-9-27-21(18)24/h1-9,15,28H,10-14H2. The van der Waals surface area contributed by atoms with E-state index in [2.05, 4.69) is 30.5 Å². The fourth-order valence-electron chi connectivity index (χ4n) is 3.66. The quantitative estimate of drug-likeness (QED) is 0.546. The van der Waals surface area contributed by atoms with Crippen molar-refractivity contribution in [3.63, 3.8) is 0 Å². The molecule has 1 N–H and O–H groups in total. The molecule has 1 fully saturated rings. The smallest absolute Gasteiger partial charge is 0.133 e. The van der Waals surface area contributed by atoms with E-state index in [-0.39, 0.29) is 0 Å². The number of rotatable bonds is 6. The number of pyridine rings is 3. The summed E-state index contributed by atoms with van der Waals surface area (Å²) in [6.45, 7) is 2.91. The monoisotopic (exact) mass is 462 g/mol. The van der Waals surface area contributed by atoms with Crippen LogP contribution in [0.15, 0.2) is 55.0 Å². The molecule has 6 nitrogen and oxygen atoms in total. The number of aromatic nitrogens is 3. The number of hydrogen-bond donors (Lipinski definition) is 1. The second-order valence-electron chi connectivity index (χ2n) is 7.29. The van der Waals surface area contributed by atoms with Crippen LogP contribution in [0.25, 0.3) is 0 Å². The maximum absolute atomic E-state index is 6.31. The highest BCUT2D eigenvalue weighted by Gasteiger charge is 2.27. The average Bonchev–Trinajstić information content (AvgIpc) is 2.73. The summed E-state index contributed by atoms with van der Waals surface area (Å²) >= 11 is 18.9. The lowest BCUT2D eigenvalue weighted by molar-refractivity contribution is -0.0540. The first-order valence-electron chi connectivity index (χ1n) is 9.63. The summed E-state index contributed by atoms with van der Waals surface area (Å²) in [5.74, 6) is 0.332. The van der Waals surface area contributed by atoms with Gasteiger partial charge in [-0.05, 0) is 36.1 Å². The molecule has 0 saturated carbocycles. The van der Waals surface area contributed by atoms with Gasteiger partial charge in [0.2, 0.25) is 0 Å². The Morgan fingerprint density at radius 1 is 0.733 bits per heavy atom. The van der Waals surface area contributed by atoms with Gasteiger partial charge >= 0.3 is 0 Å². The number of hydrazine groups is 2. The minimum absolute atomic E-state index is 0.332. The summed E-state index contributed by atoms with van der Waals surface area (Å²) in [7, 11) is 0. The van der Waals surface area contributed by atoms with Gasteiger partial charge in [-0.2, -0.15) is 5.53 Å². The molecule has 0 radical (unpaired) electrons. The van der Waals surface area contributed by atoms with Crippen LogP contribution in [0.3, 0.4) is 0 Å². The maximum atomic E-state index is 6.31. The van der Waals surface area contributed by atoms with E-state index in [9.17, 15) is 0 Å². The summed E-state index contributed by atoms with van der Waals surface area (Å²) in [4.78, 5) is 12.6. The van der Waals surface area contributed by atoms with E-state index in [4.69, 9.17) is 34.8 Å². The van der Waals surface area contributed by atoms with Crippen LogP contribution in [-0.4, -0.2) is 38.1 Å². The Labute approximate surface area is 190 Å². The second-order valence-corrected chi connectivity index (χ2v) is 8.37. The van der Waals surface area contributed by atoms with Crippen LogP contribution in [0.2, 0.25) is 15.5 Å². The summed E-state index contributed by atoms with van der Waals surface area (Å²) < 4.78 is 0. The Hall–Kier alpha value is -1.80. The minimum atomic E-state index is 0.332. The van der Waals surface area contributed by atoms with Crippen molar-refractivity contribution in [2.24, 2.45) is 5.92 Å². The molecule has 9 heteroatoms. The lowest BCUT2D eigenvalue weighted by Gasteiger charge is -2.41. The normalized spacial score (nSPS) is 16.1. The molecule has 3 aromatic rings. The van der Waals surface area contributed by atoms with Gasteiger partial charge in [-0.25, -0.2) is 25.0 Å². The first-order chi connectivity index (χ1) is 14.6. The van der Waals surface area contributed by atoms with Crippen LogP contribution in [0.4, 0.5) is 0 Å². The molecule has 0 spiro atoms. The SMILES string of the molecule is Clc1ncccc1CC1CN(Cc2cccnc2Cl)NN(Cc2cccnc2Cl)C1. The molecule has 0 aliphatic carbocycles. The minimum Gasteiger partial charge on any atom is -0.244 e. The van der Waals surface area contributed by atoms with E-state index in [1.165, 1.54) is 0 Å². The van der Waals surface area contributed by atoms with Gasteiger partial charge in [0, 0.05) is 55.9 Å². The van der Waals surface area contributed by atoms with Crippen molar-refractivity contribution in [2.45, 2.75) is 19.5 Å². The highest BCUT2D eigenvalue weighted by Crippen LogP contribution is 2.23. The van der Waals surface area contributed by atoms with Crippen LogP contribution < -0.4 is 5.53 Å². The van der Waals surface area contributed by atoms with Crippen molar-refractivity contribution in [1.82, 2.24) is 30.5 Å². The zero-order chi connectivity index (χ0) is 20.9. The summed E-state index contributed by atoms with van der Waals surface area (Å²) in [6, 6.07) is 11.7. The predicted molar refractivity (Wildman–Crippen MR) is 119 cm³/mol. The molecule has 1 aliphatic heterocycles. The van der Waals surface area contributed by atoms with E-state index < -0.39 is 0 Å². The molecular weight excluding hydrogens is 443 g/mol. The molecule has 0 unspecified atom stereocenters. The van der Waals surface area contributed by atoms with Gasteiger partial charge < -0.3 is 0 Å². The Morgan fingerprint density at radius 2 is 1.17 bits per heavy atom. The molecule has 4 heterocycles. The second kappa shape index (κ2) is 10.0. The van der Waals surface area contributed by atoms with Crippen molar-refractivity contribution >= 4 is 34.8 Å². The van der Waals surface area contributed by atoms with Gasteiger partial charge in [0.1, 0.15) is 15.5 Å². The number of halogens is 3. The molecule has 30 heavy (non-hydrogen) atoms. The summed E-state index contributed by atoms with van der Waals surface area (Å²) in [5.41, 5.74) is 6.45. The van der Waals surface area contributed by atoms with Crippen molar-refractivity contribution in [1.29, 1.82) is 0 Å². The van der Waals surface area contributed by atoms with Gasteiger partial charge in [0.15, 0.2) is 0 Å². The van der Waals surface area contributed by atoms with Crippen LogP contribution in [-0.2, 0) is 19.5 Å². The Bertz CT molecular complexity index is 869. The topological polar surface area (TPSA) is 57.2 Å². The lowest BCUT2D eigenvalue weighted by atomic mass is 9.98. The molecule has 1 aliphatic rings. The third-order valence-electron chi connectivity index (χ3n) is 4.98. The molecular formula is C21H21Cl3N6. The fourth-order valence-corrected chi connectivity index (χ4v) is 4.21. The molecule has 0 atom stereocenters. The molecule has 1 saturated heterocycles. The lowest BCUT2D eigenvalue weighted by Crippen LogP contribution is -2.58. The number of hydrogen-bond acceptors (Lipinski definition) is 6. The van der Waals surface area contributed by atoms with Crippen LogP contribution >= 0.6 is 34.8 Å². The van der Waals surface area contributed by atoms with E-state index in [0.29, 0.717) is 34.5 Å². The van der Waals surface area contributed by atoms with Crippen LogP contribution in [0.1, 0.15) is 16.7 Å². The third-order valence-corrected chi connectivity index (χ3v) is 6.00. The molecule has 3 aromatic heterocycles. The zero-order valence-corrected chi connectivity index (χ0v) is 18.4. The van der Waals surface area contributed by atoms with Crippen molar-refractivity contribution < 1.29 is 0 Å². The molecule has 156 valence electrons. The first-order valence-corrected chi connectivity index (χ1v) is 10.8. The molecule has 0 amide bonds. The average molecular weight is 464 g/mol. The largest absolute Gasteiger partial charge is 0.244 e. The van der Waals surface area contributed by atoms with Crippen LogP contribution in [0.5, 0.6) is 0 Å². The summed E-state index contributed by atoms with van der Waals surface area (Å²) in [5, 5.41) is 5.87. The zero-order valence-electron chi connectivity index (χ0n) is 16.2. The summed E-state index contributed by atoms with van der Waals surface area (Å²) in [6.07, 6.45) is 5.92. The van der Waals surface area contributed by atoms with E-state index >= 15 is 0 Å². The Morgan fingerprint density at radius 3 is 1.60 bits per heavy atom. The van der Waals surface area contributed by atoms with Crippen LogP contribution in [0, 0.1) is 5.92 Å². The molecule has 0 aromatic carbocycles. The van der Waals surface area contributed by atoms with Gasteiger partial charge in [-0.3, -0.25) is 0 Å². The third kappa shape index (κ3) is 5.46. The predicted octanol–water partition coefficient (Wildman–Crippen LogP) is 4.43. The van der Waals surface area contributed by atoms with E-state index in [0.717, 1.165) is 36.2 Å². The van der Waals surface area contributed by atoms with Crippen molar-refractivity contribution in [3.8, 4) is 0 Å². The number of nitrogens with one attached hydrogen (secondary N) is 1. The highest BCUT2D eigenvalue weighted by atomic mass is 35.5. The number of nitrogens with zero attached hydrogens (tertiary/aromatic N) is 5. The van der Waals surface area contributed by atoms with Crippen molar-refractivity contribution in [3.05, 3.63) is 87.1 Å². The van der Waals surface area contributed by atoms with Crippen molar-refractivity contribution in [2.75, 3.05) is 13.1 Å². The van der Waals surface area contributed by atoms with Gasteiger partial charge in [0.05, 0.1) is 0 Å². The maximum Gasteiger partial charge on any atom is 0.133 e. The van der Waals surface area contributed by atoms with Gasteiger partial charge in [0.25, 0.3) is 0 Å². The first kappa shape index (κ1) is 21.4. The van der Waals surface area contributed by atoms with Gasteiger partial charge in [-0.15, -0.1) is 0 Å². The Kier molecular flexibility index (Phi) is 7.15. The molecule has 4 rings (SSSR count). The van der Waals surface area contributed by atoms with Gasteiger partial charge in [-0.1, -0.05) is 53.0 Å². The van der Waals surface area contributed by atoms with E-state index in [1.807, 2.05) is 36.4 Å². The highest BCUT2D eigenvalue weighted by molar-refractivity contribution is 6.30. The molecule has 0 bridgehead atoms. The fraction of sp³-hybridized carbons (Fsp3) is 0.286.